The third-order valence-corrected chi connectivity index (χ3v) is 3.44. The number of aromatic amines is 1. The van der Waals surface area contributed by atoms with Crippen molar-refractivity contribution in [1.82, 2.24) is 14.8 Å². The number of hydrogen-bond donors (Lipinski definition) is 1. The fourth-order valence-electron chi connectivity index (χ4n) is 2.35. The summed E-state index contributed by atoms with van der Waals surface area (Å²) in [5.41, 5.74) is -0.744. The maximum Gasteiger partial charge on any atom is 0.434 e. The molecule has 0 amide bonds. The normalized spacial score (nSPS) is 11.7. The van der Waals surface area contributed by atoms with E-state index in [-0.39, 0.29) is 17.3 Å². The van der Waals surface area contributed by atoms with E-state index in [1.807, 2.05) is 0 Å². The van der Waals surface area contributed by atoms with Crippen molar-refractivity contribution < 1.29 is 17.6 Å². The molecule has 1 N–H and O–H groups in total. The Labute approximate surface area is 132 Å². The van der Waals surface area contributed by atoms with Crippen LogP contribution in [-0.2, 0) is 6.18 Å². The maximum atomic E-state index is 12.9. The van der Waals surface area contributed by atoms with Crippen LogP contribution >= 0.6 is 0 Å². The SMILES string of the molecule is Cc1c(-c2n[nH]c(=O)o2)ccc(=O)n1-c1cccc(C(F)(F)F)c1. The maximum absolute atomic E-state index is 12.9. The molecule has 0 spiro atoms. The van der Waals surface area contributed by atoms with Crippen molar-refractivity contribution in [3.05, 3.63) is 68.6 Å². The number of hydrogen-bond acceptors (Lipinski definition) is 4. The minimum absolute atomic E-state index is 0.0482. The second-order valence-corrected chi connectivity index (χ2v) is 4.97. The summed E-state index contributed by atoms with van der Waals surface area (Å²) >= 11 is 0. The lowest BCUT2D eigenvalue weighted by Crippen LogP contribution is -2.20. The molecule has 0 atom stereocenters. The summed E-state index contributed by atoms with van der Waals surface area (Å²) in [5, 5.41) is 5.76. The third-order valence-electron chi connectivity index (χ3n) is 3.44. The van der Waals surface area contributed by atoms with E-state index in [2.05, 4.69) is 10.2 Å². The number of rotatable bonds is 2. The first-order chi connectivity index (χ1) is 11.3. The largest absolute Gasteiger partial charge is 0.434 e. The van der Waals surface area contributed by atoms with E-state index in [1.54, 1.807) is 0 Å². The summed E-state index contributed by atoms with van der Waals surface area (Å²) in [6.45, 7) is 1.52. The van der Waals surface area contributed by atoms with Crippen LogP contribution in [0.15, 0.2) is 50.4 Å². The van der Waals surface area contributed by atoms with Crippen molar-refractivity contribution in [3.63, 3.8) is 0 Å². The zero-order chi connectivity index (χ0) is 17.5. The highest BCUT2D eigenvalue weighted by Crippen LogP contribution is 2.30. The van der Waals surface area contributed by atoms with Gasteiger partial charge in [0, 0.05) is 17.4 Å². The Hall–Kier alpha value is -3.10. The van der Waals surface area contributed by atoms with Crippen LogP contribution in [-0.4, -0.2) is 14.8 Å². The quantitative estimate of drug-likeness (QED) is 0.779. The van der Waals surface area contributed by atoms with E-state index in [4.69, 9.17) is 4.42 Å². The lowest BCUT2D eigenvalue weighted by atomic mass is 10.1. The Bertz CT molecular complexity index is 1010. The minimum Gasteiger partial charge on any atom is -0.388 e. The molecular formula is C15H10F3N3O3. The Morgan fingerprint density at radius 2 is 1.92 bits per heavy atom. The molecule has 1 aromatic carbocycles. The molecule has 0 aliphatic carbocycles. The smallest absolute Gasteiger partial charge is 0.388 e. The lowest BCUT2D eigenvalue weighted by molar-refractivity contribution is -0.137. The van der Waals surface area contributed by atoms with E-state index in [0.29, 0.717) is 5.56 Å². The lowest BCUT2D eigenvalue weighted by Gasteiger charge is -2.14. The standard InChI is InChI=1S/C15H10F3N3O3/c1-8-11(13-19-20-14(23)24-13)5-6-12(22)21(8)10-4-2-3-9(7-10)15(16,17)18/h2-7H,1H3,(H,20,23). The molecule has 2 aromatic heterocycles. The molecule has 0 aliphatic rings. The topological polar surface area (TPSA) is 80.9 Å². The van der Waals surface area contributed by atoms with E-state index in [1.165, 1.54) is 25.1 Å². The first kappa shape index (κ1) is 15.8. The van der Waals surface area contributed by atoms with Gasteiger partial charge in [-0.25, -0.2) is 9.89 Å². The number of nitrogens with one attached hydrogen (secondary N) is 1. The van der Waals surface area contributed by atoms with Gasteiger partial charge >= 0.3 is 11.9 Å². The van der Waals surface area contributed by atoms with E-state index >= 15 is 0 Å². The highest BCUT2D eigenvalue weighted by Gasteiger charge is 2.30. The van der Waals surface area contributed by atoms with Crippen LogP contribution in [0.2, 0.25) is 0 Å². The Balaban J connectivity index is 2.22. The zero-order valence-corrected chi connectivity index (χ0v) is 12.2. The fraction of sp³-hybridized carbons (Fsp3) is 0.133. The summed E-state index contributed by atoms with van der Waals surface area (Å²) in [6.07, 6.45) is -4.53. The third kappa shape index (κ3) is 2.75. The molecule has 0 fully saturated rings. The van der Waals surface area contributed by atoms with Crippen LogP contribution in [0.3, 0.4) is 0 Å². The molecule has 0 radical (unpaired) electrons. The van der Waals surface area contributed by atoms with Gasteiger partial charge in [0.25, 0.3) is 11.4 Å². The van der Waals surface area contributed by atoms with Gasteiger partial charge in [0.05, 0.1) is 11.1 Å². The van der Waals surface area contributed by atoms with Gasteiger partial charge in [-0.05, 0) is 31.2 Å². The number of nitrogens with zero attached hydrogens (tertiary/aromatic N) is 2. The van der Waals surface area contributed by atoms with Crippen molar-refractivity contribution in [3.8, 4) is 17.1 Å². The van der Waals surface area contributed by atoms with Crippen molar-refractivity contribution in [1.29, 1.82) is 0 Å². The summed E-state index contributed by atoms with van der Waals surface area (Å²) < 4.78 is 44.6. The molecule has 0 aliphatic heterocycles. The van der Waals surface area contributed by atoms with Crippen molar-refractivity contribution in [2.45, 2.75) is 13.1 Å². The number of H-pyrrole nitrogens is 1. The summed E-state index contributed by atoms with van der Waals surface area (Å²) in [6, 6.07) is 6.94. The van der Waals surface area contributed by atoms with Crippen molar-refractivity contribution >= 4 is 0 Å². The Morgan fingerprint density at radius 3 is 2.54 bits per heavy atom. The number of halogens is 3. The molecular weight excluding hydrogens is 327 g/mol. The molecule has 2 heterocycles. The number of pyridine rings is 1. The number of aromatic nitrogens is 3. The first-order valence-electron chi connectivity index (χ1n) is 6.73. The highest BCUT2D eigenvalue weighted by molar-refractivity contribution is 5.57. The van der Waals surface area contributed by atoms with Crippen molar-refractivity contribution in [2.24, 2.45) is 0 Å². The van der Waals surface area contributed by atoms with Gasteiger partial charge in [-0.3, -0.25) is 9.36 Å². The second-order valence-electron chi connectivity index (χ2n) is 4.97. The molecule has 24 heavy (non-hydrogen) atoms. The average Bonchev–Trinajstić information content (AvgIpc) is 2.93. The molecule has 6 nitrogen and oxygen atoms in total. The number of alkyl halides is 3. The average molecular weight is 337 g/mol. The van der Waals surface area contributed by atoms with Gasteiger partial charge < -0.3 is 4.42 Å². The van der Waals surface area contributed by atoms with Gasteiger partial charge in [0.15, 0.2) is 0 Å². The summed E-state index contributed by atoms with van der Waals surface area (Å²) in [5.74, 6) is -0.834. The van der Waals surface area contributed by atoms with Crippen LogP contribution < -0.4 is 11.3 Å². The minimum atomic E-state index is -4.53. The van der Waals surface area contributed by atoms with Gasteiger partial charge in [-0.1, -0.05) is 6.07 Å². The summed E-state index contributed by atoms with van der Waals surface area (Å²) in [7, 11) is 0. The van der Waals surface area contributed by atoms with Gasteiger partial charge in [-0.2, -0.15) is 13.2 Å². The highest BCUT2D eigenvalue weighted by atomic mass is 19.4. The molecule has 124 valence electrons. The van der Waals surface area contributed by atoms with Crippen LogP contribution in [0.5, 0.6) is 0 Å². The molecule has 0 saturated carbocycles. The molecule has 0 bridgehead atoms. The van der Waals surface area contributed by atoms with Crippen LogP contribution in [0, 0.1) is 6.92 Å². The number of benzene rings is 1. The van der Waals surface area contributed by atoms with E-state index in [9.17, 15) is 22.8 Å². The molecule has 3 aromatic rings. The van der Waals surface area contributed by atoms with Gasteiger partial charge in [0.2, 0.25) is 0 Å². The van der Waals surface area contributed by atoms with Crippen molar-refractivity contribution in [2.75, 3.05) is 0 Å². The van der Waals surface area contributed by atoms with Crippen LogP contribution in [0.25, 0.3) is 17.1 Å². The Morgan fingerprint density at radius 1 is 1.17 bits per heavy atom. The molecule has 0 unspecified atom stereocenters. The summed E-state index contributed by atoms with van der Waals surface area (Å²) in [4.78, 5) is 23.2. The molecule has 0 saturated heterocycles. The molecule has 3 rings (SSSR count). The predicted molar refractivity (Wildman–Crippen MR) is 77.9 cm³/mol. The monoisotopic (exact) mass is 337 g/mol. The van der Waals surface area contributed by atoms with Crippen LogP contribution in [0.4, 0.5) is 13.2 Å². The van der Waals surface area contributed by atoms with Gasteiger partial charge in [0.1, 0.15) is 0 Å². The fourth-order valence-corrected chi connectivity index (χ4v) is 2.35. The van der Waals surface area contributed by atoms with E-state index < -0.39 is 23.1 Å². The first-order valence-corrected chi connectivity index (χ1v) is 6.73. The van der Waals surface area contributed by atoms with Crippen LogP contribution in [0.1, 0.15) is 11.3 Å². The second kappa shape index (κ2) is 5.52. The Kier molecular flexibility index (Phi) is 3.63. The molecule has 9 heteroatoms. The predicted octanol–water partition coefficient (Wildman–Crippen LogP) is 2.51. The van der Waals surface area contributed by atoms with Gasteiger partial charge in [-0.15, -0.1) is 5.10 Å². The zero-order valence-electron chi connectivity index (χ0n) is 12.2. The van der Waals surface area contributed by atoms with E-state index in [0.717, 1.165) is 22.8 Å².